The molecule has 56 valence electrons. The smallest absolute Gasteiger partial charge is 0.312 e. The predicted octanol–water partition coefficient (Wildman–Crippen LogP) is 1.52. The van der Waals surface area contributed by atoms with Crippen molar-refractivity contribution in [3.63, 3.8) is 0 Å². The van der Waals surface area contributed by atoms with Crippen molar-refractivity contribution >= 4 is 5.97 Å². The Balaban J connectivity index is 2.46. The van der Waals surface area contributed by atoms with Crippen molar-refractivity contribution in [2.24, 2.45) is 5.92 Å². The first-order valence-electron chi connectivity index (χ1n) is 3.59. The first kappa shape index (κ1) is 7.32. The van der Waals surface area contributed by atoms with Crippen LogP contribution in [0.25, 0.3) is 0 Å². The standard InChI is InChI=1S/C8H12O2/c1-10-8(9)7-5-3-2-4-6-7/h3,5,7H,2,4,6H2,1H3/t7-/m0/s1. The first-order valence-corrected chi connectivity index (χ1v) is 3.59. The van der Waals surface area contributed by atoms with Gasteiger partial charge in [0.2, 0.25) is 0 Å². The Kier molecular flexibility index (Phi) is 2.49. The third kappa shape index (κ3) is 1.59. The highest BCUT2D eigenvalue weighted by Gasteiger charge is 2.16. The average Bonchev–Trinajstić information content (AvgIpc) is 2.05. The van der Waals surface area contributed by atoms with Crippen LogP contribution >= 0.6 is 0 Å². The summed E-state index contributed by atoms with van der Waals surface area (Å²) >= 11 is 0. The van der Waals surface area contributed by atoms with E-state index in [4.69, 9.17) is 0 Å². The third-order valence-corrected chi connectivity index (χ3v) is 1.76. The number of allylic oxidation sites excluding steroid dienone is 1. The molecule has 0 aromatic rings. The summed E-state index contributed by atoms with van der Waals surface area (Å²) in [5.41, 5.74) is 0. The maximum absolute atomic E-state index is 10.9. The number of methoxy groups -OCH3 is 1. The Morgan fingerprint density at radius 2 is 2.50 bits per heavy atom. The van der Waals surface area contributed by atoms with Gasteiger partial charge in [0.15, 0.2) is 0 Å². The summed E-state index contributed by atoms with van der Waals surface area (Å²) in [6, 6.07) is 0. The fraction of sp³-hybridized carbons (Fsp3) is 0.625. The van der Waals surface area contributed by atoms with Crippen LogP contribution in [0.4, 0.5) is 0 Å². The van der Waals surface area contributed by atoms with Crippen molar-refractivity contribution in [1.29, 1.82) is 0 Å². The number of ether oxygens (including phenoxy) is 1. The zero-order valence-electron chi connectivity index (χ0n) is 6.17. The fourth-order valence-electron chi connectivity index (χ4n) is 1.16. The van der Waals surface area contributed by atoms with E-state index in [1.165, 1.54) is 7.11 Å². The Labute approximate surface area is 60.9 Å². The van der Waals surface area contributed by atoms with Crippen LogP contribution in [0.1, 0.15) is 19.3 Å². The lowest BCUT2D eigenvalue weighted by Gasteiger charge is -2.12. The van der Waals surface area contributed by atoms with Gasteiger partial charge in [-0.15, -0.1) is 0 Å². The molecule has 1 aliphatic carbocycles. The lowest BCUT2D eigenvalue weighted by Crippen LogP contribution is -2.15. The summed E-state index contributed by atoms with van der Waals surface area (Å²) in [6.45, 7) is 0. The van der Waals surface area contributed by atoms with Crippen LogP contribution in [-0.2, 0) is 9.53 Å². The highest BCUT2D eigenvalue weighted by molar-refractivity contribution is 5.74. The molecule has 0 radical (unpaired) electrons. The SMILES string of the molecule is COC(=O)[C@H]1C=CCCC1. The van der Waals surface area contributed by atoms with Crippen LogP contribution in [0.2, 0.25) is 0 Å². The van der Waals surface area contributed by atoms with Crippen molar-refractivity contribution in [3.05, 3.63) is 12.2 Å². The van der Waals surface area contributed by atoms with Gasteiger partial charge in [0.1, 0.15) is 0 Å². The van der Waals surface area contributed by atoms with E-state index in [0.29, 0.717) is 0 Å². The number of rotatable bonds is 1. The summed E-state index contributed by atoms with van der Waals surface area (Å²) in [5.74, 6) is -0.0744. The van der Waals surface area contributed by atoms with Crippen molar-refractivity contribution in [1.82, 2.24) is 0 Å². The van der Waals surface area contributed by atoms with E-state index in [1.54, 1.807) is 0 Å². The molecule has 2 nitrogen and oxygen atoms in total. The largest absolute Gasteiger partial charge is 0.469 e. The first-order chi connectivity index (χ1) is 4.84. The van der Waals surface area contributed by atoms with Gasteiger partial charge in [0.05, 0.1) is 13.0 Å². The molecular weight excluding hydrogens is 128 g/mol. The molecule has 0 unspecified atom stereocenters. The van der Waals surface area contributed by atoms with Gasteiger partial charge in [-0.05, 0) is 19.3 Å². The lowest BCUT2D eigenvalue weighted by atomic mass is 9.96. The van der Waals surface area contributed by atoms with Gasteiger partial charge in [-0.2, -0.15) is 0 Å². The summed E-state index contributed by atoms with van der Waals surface area (Å²) in [6.07, 6.45) is 7.15. The van der Waals surface area contributed by atoms with Gasteiger partial charge in [-0.3, -0.25) is 4.79 Å². The molecule has 0 saturated heterocycles. The molecule has 10 heavy (non-hydrogen) atoms. The fourth-order valence-corrected chi connectivity index (χ4v) is 1.16. The van der Waals surface area contributed by atoms with Gasteiger partial charge >= 0.3 is 5.97 Å². The van der Waals surface area contributed by atoms with E-state index in [0.717, 1.165) is 19.3 Å². The molecule has 0 heterocycles. The maximum Gasteiger partial charge on any atom is 0.312 e. The second-order valence-corrected chi connectivity index (χ2v) is 2.49. The van der Waals surface area contributed by atoms with E-state index in [9.17, 15) is 4.79 Å². The van der Waals surface area contributed by atoms with E-state index in [1.807, 2.05) is 12.2 Å². The summed E-state index contributed by atoms with van der Waals surface area (Å²) in [7, 11) is 1.44. The van der Waals surface area contributed by atoms with Gasteiger partial charge < -0.3 is 4.74 Å². The Morgan fingerprint density at radius 3 is 3.00 bits per heavy atom. The van der Waals surface area contributed by atoms with E-state index >= 15 is 0 Å². The maximum atomic E-state index is 10.9. The van der Waals surface area contributed by atoms with E-state index in [-0.39, 0.29) is 11.9 Å². The molecule has 0 fully saturated rings. The molecule has 2 heteroatoms. The minimum absolute atomic E-state index is 0.0266. The molecule has 0 saturated carbocycles. The topological polar surface area (TPSA) is 26.3 Å². The van der Waals surface area contributed by atoms with E-state index in [2.05, 4.69) is 4.74 Å². The van der Waals surface area contributed by atoms with E-state index < -0.39 is 0 Å². The second-order valence-electron chi connectivity index (χ2n) is 2.49. The summed E-state index contributed by atoms with van der Waals surface area (Å²) in [5, 5.41) is 0. The Bertz CT molecular complexity index is 149. The molecule has 0 spiro atoms. The molecule has 0 aliphatic heterocycles. The van der Waals surface area contributed by atoms with Crippen LogP contribution in [0.3, 0.4) is 0 Å². The third-order valence-electron chi connectivity index (χ3n) is 1.76. The predicted molar refractivity (Wildman–Crippen MR) is 38.5 cm³/mol. The normalized spacial score (nSPS) is 24.3. The van der Waals surface area contributed by atoms with Crippen LogP contribution in [0.15, 0.2) is 12.2 Å². The number of carbonyl (C=O) groups excluding carboxylic acids is 1. The van der Waals surface area contributed by atoms with Gasteiger partial charge in [-0.25, -0.2) is 0 Å². The number of carbonyl (C=O) groups is 1. The summed E-state index contributed by atoms with van der Waals surface area (Å²) in [4.78, 5) is 10.9. The molecule has 1 aliphatic rings. The molecule has 1 rings (SSSR count). The average molecular weight is 140 g/mol. The van der Waals surface area contributed by atoms with Crippen molar-refractivity contribution < 1.29 is 9.53 Å². The van der Waals surface area contributed by atoms with Crippen LogP contribution in [0.5, 0.6) is 0 Å². The zero-order chi connectivity index (χ0) is 7.40. The van der Waals surface area contributed by atoms with Crippen LogP contribution in [0, 0.1) is 5.92 Å². The minimum Gasteiger partial charge on any atom is -0.469 e. The number of esters is 1. The quantitative estimate of drug-likeness (QED) is 0.407. The summed E-state index contributed by atoms with van der Waals surface area (Å²) < 4.78 is 4.60. The molecule has 1 atom stereocenters. The second kappa shape index (κ2) is 3.40. The highest BCUT2D eigenvalue weighted by Crippen LogP contribution is 2.17. The van der Waals surface area contributed by atoms with Gasteiger partial charge in [0.25, 0.3) is 0 Å². The number of hydrogen-bond donors (Lipinski definition) is 0. The Hall–Kier alpha value is -0.790. The van der Waals surface area contributed by atoms with Crippen molar-refractivity contribution in [3.8, 4) is 0 Å². The molecule has 0 bridgehead atoms. The monoisotopic (exact) mass is 140 g/mol. The zero-order valence-corrected chi connectivity index (χ0v) is 6.17. The van der Waals surface area contributed by atoms with Gasteiger partial charge in [-0.1, -0.05) is 12.2 Å². The molecule has 0 aromatic heterocycles. The van der Waals surface area contributed by atoms with Crippen molar-refractivity contribution in [2.45, 2.75) is 19.3 Å². The van der Waals surface area contributed by atoms with Crippen LogP contribution < -0.4 is 0 Å². The molecule has 0 amide bonds. The molecule has 0 N–H and O–H groups in total. The van der Waals surface area contributed by atoms with Gasteiger partial charge in [0, 0.05) is 0 Å². The molecule has 0 aromatic carbocycles. The Morgan fingerprint density at radius 1 is 1.70 bits per heavy atom. The van der Waals surface area contributed by atoms with Crippen molar-refractivity contribution in [2.75, 3.05) is 7.11 Å². The lowest BCUT2D eigenvalue weighted by molar-refractivity contribution is -0.144. The minimum atomic E-state index is -0.101. The highest BCUT2D eigenvalue weighted by atomic mass is 16.5. The number of hydrogen-bond acceptors (Lipinski definition) is 2. The van der Waals surface area contributed by atoms with Crippen LogP contribution in [-0.4, -0.2) is 13.1 Å². The molecular formula is C8H12O2.